The van der Waals surface area contributed by atoms with E-state index in [0.717, 1.165) is 31.7 Å². The van der Waals surface area contributed by atoms with Gasteiger partial charge in [0.05, 0.1) is 0 Å². The summed E-state index contributed by atoms with van der Waals surface area (Å²) in [5, 5.41) is 0. The van der Waals surface area contributed by atoms with Crippen molar-refractivity contribution in [3.63, 3.8) is 0 Å². The lowest BCUT2D eigenvalue weighted by atomic mass is 10.0. The van der Waals surface area contributed by atoms with Crippen LogP contribution in [0.3, 0.4) is 0 Å². The molecule has 1 aromatic carbocycles. The second-order valence-corrected chi connectivity index (χ2v) is 7.42. The average molecular weight is 316 g/mol. The summed E-state index contributed by atoms with van der Waals surface area (Å²) in [6.07, 6.45) is 5.18. The van der Waals surface area contributed by atoms with Gasteiger partial charge in [-0.15, -0.1) is 0 Å². The van der Waals surface area contributed by atoms with Crippen LogP contribution in [-0.2, 0) is 10.0 Å². The fourth-order valence-corrected chi connectivity index (χ4v) is 3.18. The monoisotopic (exact) mass is 316 g/mol. The Kier molecular flexibility index (Phi) is 7.11. The lowest BCUT2D eigenvalue weighted by Gasteiger charge is -2.08. The van der Waals surface area contributed by atoms with Gasteiger partial charge >= 0.3 is 0 Å². The topological polar surface area (TPSA) is 72.2 Å². The molecule has 0 aliphatic rings. The highest BCUT2D eigenvalue weighted by molar-refractivity contribution is 7.89. The van der Waals surface area contributed by atoms with Crippen LogP contribution in [-0.4, -0.2) is 15.0 Å². The van der Waals surface area contributed by atoms with E-state index in [4.69, 9.17) is 5.73 Å². The van der Waals surface area contributed by atoms with E-state index in [1.165, 1.54) is 18.6 Å². The van der Waals surface area contributed by atoms with E-state index >= 15 is 0 Å². The number of sulfonamides is 1. The summed E-state index contributed by atoms with van der Waals surface area (Å²) in [4.78, 5) is -0.350. The largest absolute Gasteiger partial charge is 0.399 e. The molecule has 3 N–H and O–H groups in total. The minimum absolute atomic E-state index is 0.205. The predicted molar refractivity (Wildman–Crippen MR) is 83.9 cm³/mol. The Bertz CT molecular complexity index is 545. The number of nitrogens with one attached hydrogen (secondary N) is 1. The normalized spacial score (nSPS) is 12.0. The Morgan fingerprint density at radius 3 is 2.48 bits per heavy atom. The molecule has 0 aliphatic heterocycles. The summed E-state index contributed by atoms with van der Waals surface area (Å²) in [6.45, 7) is 4.71. The van der Waals surface area contributed by atoms with Crippen molar-refractivity contribution in [1.82, 2.24) is 4.72 Å². The molecule has 0 unspecified atom stereocenters. The number of unbranched alkanes of at least 4 members (excludes halogenated alkanes) is 3. The van der Waals surface area contributed by atoms with Crippen molar-refractivity contribution in [3.05, 3.63) is 24.0 Å². The number of hydrogen-bond acceptors (Lipinski definition) is 3. The van der Waals surface area contributed by atoms with Crippen molar-refractivity contribution < 1.29 is 12.8 Å². The average Bonchev–Trinajstić information content (AvgIpc) is 2.36. The van der Waals surface area contributed by atoms with E-state index in [1.54, 1.807) is 0 Å². The van der Waals surface area contributed by atoms with Crippen molar-refractivity contribution in [3.8, 4) is 0 Å². The van der Waals surface area contributed by atoms with Crippen LogP contribution < -0.4 is 10.5 Å². The molecule has 4 nitrogen and oxygen atoms in total. The first-order chi connectivity index (χ1) is 9.83. The van der Waals surface area contributed by atoms with Crippen LogP contribution >= 0.6 is 0 Å². The van der Waals surface area contributed by atoms with Crippen LogP contribution in [0.4, 0.5) is 10.1 Å². The molecule has 0 spiro atoms. The highest BCUT2D eigenvalue weighted by Gasteiger charge is 2.18. The number of nitrogen functional groups attached to an aromatic ring is 1. The first-order valence-electron chi connectivity index (χ1n) is 7.37. The summed E-state index contributed by atoms with van der Waals surface area (Å²) >= 11 is 0. The maximum atomic E-state index is 13.6. The molecule has 0 aromatic heterocycles. The second kappa shape index (κ2) is 8.34. The van der Waals surface area contributed by atoms with Gasteiger partial charge in [-0.25, -0.2) is 17.5 Å². The SMILES string of the molecule is CC(C)CCCCCCNS(=O)(=O)c1ccc(N)cc1F. The van der Waals surface area contributed by atoms with E-state index in [0.29, 0.717) is 12.5 Å². The Labute approximate surface area is 127 Å². The van der Waals surface area contributed by atoms with Gasteiger partial charge in [-0.05, 0) is 30.5 Å². The fraction of sp³-hybridized carbons (Fsp3) is 0.600. The minimum Gasteiger partial charge on any atom is -0.399 e. The Morgan fingerprint density at radius 2 is 1.86 bits per heavy atom. The summed E-state index contributed by atoms with van der Waals surface area (Å²) in [5.74, 6) is -0.114. The fourth-order valence-electron chi connectivity index (χ4n) is 2.05. The van der Waals surface area contributed by atoms with Gasteiger partial charge < -0.3 is 5.73 Å². The minimum atomic E-state index is -3.79. The lowest BCUT2D eigenvalue weighted by molar-refractivity contribution is 0.516. The maximum absolute atomic E-state index is 13.6. The number of nitrogens with two attached hydrogens (primary N) is 1. The molecule has 0 fully saturated rings. The third kappa shape index (κ3) is 6.44. The van der Waals surface area contributed by atoms with Crippen molar-refractivity contribution in [1.29, 1.82) is 0 Å². The third-order valence-corrected chi connectivity index (χ3v) is 4.74. The molecule has 0 saturated carbocycles. The second-order valence-electron chi connectivity index (χ2n) is 5.68. The van der Waals surface area contributed by atoms with Gasteiger partial charge in [0.1, 0.15) is 10.7 Å². The molecule has 0 aliphatic carbocycles. The smallest absolute Gasteiger partial charge is 0.243 e. The maximum Gasteiger partial charge on any atom is 0.243 e. The molecule has 1 aromatic rings. The van der Waals surface area contributed by atoms with Crippen LogP contribution in [0, 0.1) is 11.7 Å². The Morgan fingerprint density at radius 1 is 1.19 bits per heavy atom. The van der Waals surface area contributed by atoms with Gasteiger partial charge in [0.15, 0.2) is 0 Å². The third-order valence-electron chi connectivity index (χ3n) is 3.25. The predicted octanol–water partition coefficient (Wildman–Crippen LogP) is 3.29. The van der Waals surface area contributed by atoms with Crippen LogP contribution in [0.2, 0.25) is 0 Å². The van der Waals surface area contributed by atoms with Crippen molar-refractivity contribution in [2.45, 2.75) is 50.8 Å². The molecule has 0 heterocycles. The molecule has 1 rings (SSSR count). The zero-order chi connectivity index (χ0) is 15.9. The zero-order valence-electron chi connectivity index (χ0n) is 12.7. The zero-order valence-corrected chi connectivity index (χ0v) is 13.5. The van der Waals surface area contributed by atoms with Gasteiger partial charge in [0.25, 0.3) is 0 Å². The van der Waals surface area contributed by atoms with E-state index < -0.39 is 15.8 Å². The molecule has 120 valence electrons. The Hall–Kier alpha value is -1.14. The molecule has 6 heteroatoms. The first kappa shape index (κ1) is 17.9. The Balaban J connectivity index is 2.37. The summed E-state index contributed by atoms with van der Waals surface area (Å²) in [6, 6.07) is 3.58. The van der Waals surface area contributed by atoms with E-state index in [1.807, 2.05) is 0 Å². The lowest BCUT2D eigenvalue weighted by Crippen LogP contribution is -2.25. The molecule has 0 amide bonds. The quantitative estimate of drug-likeness (QED) is 0.542. The summed E-state index contributed by atoms with van der Waals surface area (Å²) in [7, 11) is -3.79. The highest BCUT2D eigenvalue weighted by atomic mass is 32.2. The summed E-state index contributed by atoms with van der Waals surface area (Å²) < 4.78 is 39.9. The summed E-state index contributed by atoms with van der Waals surface area (Å²) in [5.41, 5.74) is 5.61. The highest BCUT2D eigenvalue weighted by Crippen LogP contribution is 2.17. The molecular formula is C15H25FN2O2S. The molecule has 0 atom stereocenters. The van der Waals surface area contributed by atoms with Gasteiger partial charge in [-0.1, -0.05) is 39.5 Å². The van der Waals surface area contributed by atoms with Crippen molar-refractivity contribution in [2.75, 3.05) is 12.3 Å². The molecule has 0 bridgehead atoms. The van der Waals surface area contributed by atoms with Crippen molar-refractivity contribution in [2.24, 2.45) is 5.92 Å². The van der Waals surface area contributed by atoms with Crippen LogP contribution in [0.5, 0.6) is 0 Å². The van der Waals surface area contributed by atoms with Crippen LogP contribution in [0.1, 0.15) is 46.0 Å². The first-order valence-corrected chi connectivity index (χ1v) is 8.86. The molecule has 0 saturated heterocycles. The number of benzene rings is 1. The van der Waals surface area contributed by atoms with Crippen LogP contribution in [0.15, 0.2) is 23.1 Å². The van der Waals surface area contributed by atoms with Crippen LogP contribution in [0.25, 0.3) is 0 Å². The molecule has 21 heavy (non-hydrogen) atoms. The number of anilines is 1. The van der Waals surface area contributed by atoms with Gasteiger partial charge in [-0.3, -0.25) is 0 Å². The standard InChI is InChI=1S/C15H25FN2O2S/c1-12(2)7-5-3-4-6-10-18-21(19,20)15-9-8-13(17)11-14(15)16/h8-9,11-12,18H,3-7,10,17H2,1-2H3. The van der Waals surface area contributed by atoms with E-state index in [9.17, 15) is 12.8 Å². The molecule has 0 radical (unpaired) electrons. The van der Waals surface area contributed by atoms with Gasteiger partial charge in [0, 0.05) is 12.2 Å². The number of halogens is 1. The van der Waals surface area contributed by atoms with Gasteiger partial charge in [-0.2, -0.15) is 0 Å². The van der Waals surface area contributed by atoms with E-state index in [2.05, 4.69) is 18.6 Å². The van der Waals surface area contributed by atoms with Crippen molar-refractivity contribution >= 4 is 15.7 Å². The number of hydrogen-bond donors (Lipinski definition) is 2. The molecular weight excluding hydrogens is 291 g/mol. The van der Waals surface area contributed by atoms with E-state index in [-0.39, 0.29) is 10.6 Å². The number of rotatable bonds is 9. The van der Waals surface area contributed by atoms with Gasteiger partial charge in [0.2, 0.25) is 10.0 Å².